The number of amides is 1. The standard InChI is InChI=1S/C22H28N6O2/c1-22(2,3)30-21(29)27-12-17-16(18(17)13-27)9-23-19-7-14(15-8-25-26(4)10-15)11-28-20(19)5-6-24-28/h5-8,10-11,16-18,23H,9,12-13H2,1-4H3/t16?,17-,18+. The van der Waals surface area contributed by atoms with Crippen molar-refractivity contribution in [3.05, 3.63) is 36.9 Å². The summed E-state index contributed by atoms with van der Waals surface area (Å²) in [5.74, 6) is 1.72. The normalized spacial score (nSPS) is 22.9. The first-order valence-corrected chi connectivity index (χ1v) is 10.5. The molecule has 5 rings (SSSR count). The number of likely N-dealkylation sites (tertiary alicyclic amines) is 1. The molecule has 3 aromatic heterocycles. The van der Waals surface area contributed by atoms with Crippen LogP contribution in [0.3, 0.4) is 0 Å². The molecule has 3 atom stereocenters. The average molecular weight is 409 g/mol. The molecule has 1 aliphatic heterocycles. The number of nitrogens with one attached hydrogen (secondary N) is 1. The first-order chi connectivity index (χ1) is 14.3. The summed E-state index contributed by atoms with van der Waals surface area (Å²) >= 11 is 0. The van der Waals surface area contributed by atoms with E-state index in [2.05, 4.69) is 21.6 Å². The highest BCUT2D eigenvalue weighted by Crippen LogP contribution is 2.51. The summed E-state index contributed by atoms with van der Waals surface area (Å²) in [5, 5.41) is 12.3. The molecular formula is C22H28N6O2. The zero-order chi connectivity index (χ0) is 21.0. The van der Waals surface area contributed by atoms with Crippen LogP contribution in [0.1, 0.15) is 20.8 Å². The van der Waals surface area contributed by atoms with E-state index in [0.717, 1.165) is 42.0 Å². The molecule has 1 N–H and O–H groups in total. The molecule has 2 aliphatic rings. The van der Waals surface area contributed by atoms with E-state index in [1.54, 1.807) is 4.68 Å². The number of fused-ring (bicyclic) bond motifs is 2. The Morgan fingerprint density at radius 1 is 1.20 bits per heavy atom. The minimum absolute atomic E-state index is 0.188. The fourth-order valence-electron chi connectivity index (χ4n) is 4.55. The van der Waals surface area contributed by atoms with Crippen molar-refractivity contribution in [2.45, 2.75) is 26.4 Å². The van der Waals surface area contributed by atoms with Gasteiger partial charge in [0.05, 0.1) is 23.6 Å². The van der Waals surface area contributed by atoms with E-state index < -0.39 is 5.60 Å². The van der Waals surface area contributed by atoms with Crippen molar-refractivity contribution in [1.82, 2.24) is 24.3 Å². The van der Waals surface area contributed by atoms with Crippen molar-refractivity contribution in [2.75, 3.05) is 25.0 Å². The summed E-state index contributed by atoms with van der Waals surface area (Å²) in [6.07, 6.45) is 7.53. The zero-order valence-corrected chi connectivity index (χ0v) is 17.9. The minimum atomic E-state index is -0.444. The lowest BCUT2D eigenvalue weighted by Crippen LogP contribution is -2.37. The molecule has 1 amide bonds. The Labute approximate surface area is 175 Å². The van der Waals surface area contributed by atoms with E-state index >= 15 is 0 Å². The quantitative estimate of drug-likeness (QED) is 0.717. The number of rotatable bonds is 4. The van der Waals surface area contributed by atoms with Crippen LogP contribution in [0.15, 0.2) is 36.9 Å². The van der Waals surface area contributed by atoms with Crippen molar-refractivity contribution in [2.24, 2.45) is 24.8 Å². The van der Waals surface area contributed by atoms with Crippen LogP contribution in [0, 0.1) is 17.8 Å². The predicted octanol–water partition coefficient (Wildman–Crippen LogP) is 3.26. The number of aryl methyl sites for hydroxylation is 1. The molecule has 30 heavy (non-hydrogen) atoms. The van der Waals surface area contributed by atoms with Gasteiger partial charge in [0.25, 0.3) is 0 Å². The molecule has 0 spiro atoms. The van der Waals surface area contributed by atoms with Crippen LogP contribution in [-0.2, 0) is 11.8 Å². The van der Waals surface area contributed by atoms with E-state index in [1.165, 1.54) is 0 Å². The first kappa shape index (κ1) is 19.0. The van der Waals surface area contributed by atoms with Gasteiger partial charge in [-0.05, 0) is 50.7 Å². The highest BCUT2D eigenvalue weighted by atomic mass is 16.6. The fraction of sp³-hybridized carbons (Fsp3) is 0.500. The van der Waals surface area contributed by atoms with Crippen molar-refractivity contribution in [1.29, 1.82) is 0 Å². The Balaban J connectivity index is 1.24. The molecular weight excluding hydrogens is 380 g/mol. The Morgan fingerprint density at radius 3 is 2.63 bits per heavy atom. The van der Waals surface area contributed by atoms with Crippen LogP contribution in [-0.4, -0.2) is 55.6 Å². The van der Waals surface area contributed by atoms with Gasteiger partial charge in [0.15, 0.2) is 0 Å². The van der Waals surface area contributed by atoms with Crippen molar-refractivity contribution in [3.8, 4) is 11.1 Å². The van der Waals surface area contributed by atoms with Gasteiger partial charge in [-0.3, -0.25) is 4.68 Å². The van der Waals surface area contributed by atoms with Gasteiger partial charge in [-0.1, -0.05) is 0 Å². The van der Waals surface area contributed by atoms with Gasteiger partial charge in [0, 0.05) is 50.2 Å². The Morgan fingerprint density at radius 2 is 1.97 bits per heavy atom. The van der Waals surface area contributed by atoms with Crippen LogP contribution < -0.4 is 5.32 Å². The van der Waals surface area contributed by atoms with Crippen molar-refractivity contribution >= 4 is 17.3 Å². The number of piperidine rings is 1. The van der Waals surface area contributed by atoms with E-state index in [-0.39, 0.29) is 6.09 Å². The summed E-state index contributed by atoms with van der Waals surface area (Å²) in [4.78, 5) is 14.1. The van der Waals surface area contributed by atoms with Crippen molar-refractivity contribution in [3.63, 3.8) is 0 Å². The van der Waals surface area contributed by atoms with Gasteiger partial charge >= 0.3 is 6.09 Å². The highest BCUT2D eigenvalue weighted by Gasteiger charge is 2.56. The van der Waals surface area contributed by atoms with Crippen LogP contribution in [0.5, 0.6) is 0 Å². The summed E-state index contributed by atoms with van der Waals surface area (Å²) in [6.45, 7) is 8.21. The minimum Gasteiger partial charge on any atom is -0.444 e. The number of carbonyl (C=O) groups excluding carboxylic acids is 1. The number of pyridine rings is 1. The third-order valence-corrected chi connectivity index (χ3v) is 6.10. The second-order valence-corrected chi connectivity index (χ2v) is 9.46. The summed E-state index contributed by atoms with van der Waals surface area (Å²) in [6, 6.07) is 4.19. The van der Waals surface area contributed by atoms with E-state index in [4.69, 9.17) is 4.74 Å². The first-order valence-electron chi connectivity index (χ1n) is 10.5. The number of ether oxygens (including phenoxy) is 1. The number of hydrogen-bond donors (Lipinski definition) is 1. The van der Waals surface area contributed by atoms with Gasteiger partial charge in [-0.15, -0.1) is 0 Å². The second-order valence-electron chi connectivity index (χ2n) is 9.46. The lowest BCUT2D eigenvalue weighted by molar-refractivity contribution is 0.0266. The topological polar surface area (TPSA) is 76.7 Å². The van der Waals surface area contributed by atoms with Crippen LogP contribution >= 0.6 is 0 Å². The van der Waals surface area contributed by atoms with E-state index in [1.807, 2.05) is 68.1 Å². The maximum absolute atomic E-state index is 12.3. The van der Waals surface area contributed by atoms with Crippen LogP contribution in [0.2, 0.25) is 0 Å². The lowest BCUT2D eigenvalue weighted by Gasteiger charge is -2.26. The molecule has 1 unspecified atom stereocenters. The molecule has 0 radical (unpaired) electrons. The zero-order valence-electron chi connectivity index (χ0n) is 17.9. The highest BCUT2D eigenvalue weighted by molar-refractivity contribution is 5.78. The maximum atomic E-state index is 12.3. The summed E-state index contributed by atoms with van der Waals surface area (Å²) < 4.78 is 9.21. The molecule has 0 aromatic carbocycles. The van der Waals surface area contributed by atoms with Gasteiger partial charge < -0.3 is 15.0 Å². The number of nitrogens with zero attached hydrogens (tertiary/aromatic N) is 5. The smallest absolute Gasteiger partial charge is 0.410 e. The molecule has 0 bridgehead atoms. The largest absolute Gasteiger partial charge is 0.444 e. The number of carbonyl (C=O) groups is 1. The summed E-state index contributed by atoms with van der Waals surface area (Å²) in [5.41, 5.74) is 3.83. The number of hydrogen-bond acceptors (Lipinski definition) is 5. The van der Waals surface area contributed by atoms with E-state index in [9.17, 15) is 4.79 Å². The predicted molar refractivity (Wildman–Crippen MR) is 114 cm³/mol. The Bertz CT molecular complexity index is 1080. The molecule has 1 saturated heterocycles. The van der Waals surface area contributed by atoms with Gasteiger partial charge in [-0.2, -0.15) is 10.2 Å². The van der Waals surface area contributed by atoms with Gasteiger partial charge in [0.1, 0.15) is 5.60 Å². The SMILES string of the molecule is Cn1cc(-c2cc(NCC3[C@H]4CN(C(=O)OC(C)(C)C)C[C@@H]34)c3ccnn3c2)cn1. The molecule has 4 heterocycles. The molecule has 8 nitrogen and oxygen atoms in total. The molecule has 3 aromatic rings. The molecule has 1 aliphatic carbocycles. The second kappa shape index (κ2) is 6.75. The molecule has 158 valence electrons. The average Bonchev–Trinajstić information content (AvgIpc) is 3.16. The Kier molecular flexibility index (Phi) is 4.27. The van der Waals surface area contributed by atoms with Crippen molar-refractivity contribution < 1.29 is 9.53 Å². The fourth-order valence-corrected chi connectivity index (χ4v) is 4.55. The lowest BCUT2D eigenvalue weighted by atomic mass is 10.1. The molecule has 2 fully saturated rings. The van der Waals surface area contributed by atoms with Crippen LogP contribution in [0.4, 0.5) is 10.5 Å². The van der Waals surface area contributed by atoms with Crippen LogP contribution in [0.25, 0.3) is 16.6 Å². The number of aromatic nitrogens is 4. The van der Waals surface area contributed by atoms with Gasteiger partial charge in [-0.25, -0.2) is 9.31 Å². The third kappa shape index (κ3) is 3.51. The van der Waals surface area contributed by atoms with E-state index in [0.29, 0.717) is 17.8 Å². The monoisotopic (exact) mass is 408 g/mol. The number of anilines is 1. The maximum Gasteiger partial charge on any atom is 0.410 e. The Hall–Kier alpha value is -3.03. The molecule has 1 saturated carbocycles. The molecule has 8 heteroatoms. The third-order valence-electron chi connectivity index (χ3n) is 6.10. The summed E-state index contributed by atoms with van der Waals surface area (Å²) in [7, 11) is 1.92. The van der Waals surface area contributed by atoms with Gasteiger partial charge in [0.2, 0.25) is 0 Å².